The number of carboxylic acid groups (broad SMARTS) is 1. The molecule has 0 aromatic carbocycles. The Balaban J connectivity index is 2.24. The summed E-state index contributed by atoms with van der Waals surface area (Å²) in [5.41, 5.74) is 1.07. The van der Waals surface area contributed by atoms with Crippen LogP contribution in [0.4, 0.5) is 0 Å². The van der Waals surface area contributed by atoms with E-state index in [9.17, 15) is 9.90 Å². The van der Waals surface area contributed by atoms with Crippen LogP contribution in [-0.2, 0) is 4.79 Å². The maximum atomic E-state index is 11.4. The average Bonchev–Trinajstić information content (AvgIpc) is 2.85. The number of carboxylic acids is 1. The number of nitrogens with zero attached hydrogens (tertiary/aromatic N) is 2. The predicted octanol–water partition coefficient (Wildman–Crippen LogP) is 2.14. The summed E-state index contributed by atoms with van der Waals surface area (Å²) in [6.07, 6.45) is 3.51. The molecule has 1 fully saturated rings. The molecule has 1 aromatic rings. The first-order chi connectivity index (χ1) is 7.55. The largest absolute Gasteiger partial charge is 0.480 e. The molecule has 0 aliphatic carbocycles. The molecule has 1 aromatic heterocycles. The monoisotopic (exact) mass is 240 g/mol. The van der Waals surface area contributed by atoms with Gasteiger partial charge >= 0.3 is 5.97 Å². The Morgan fingerprint density at radius 1 is 1.75 bits per heavy atom. The topological polar surface area (TPSA) is 53.4 Å². The lowest BCUT2D eigenvalue weighted by atomic mass is 9.98. The molecule has 0 amide bonds. The van der Waals surface area contributed by atoms with Gasteiger partial charge in [0.25, 0.3) is 0 Å². The number of hydrogen-bond donors (Lipinski definition) is 1. The maximum Gasteiger partial charge on any atom is 0.323 e. The van der Waals surface area contributed by atoms with Gasteiger partial charge in [-0.05, 0) is 33.2 Å². The van der Waals surface area contributed by atoms with E-state index < -0.39 is 11.5 Å². The van der Waals surface area contributed by atoms with Gasteiger partial charge < -0.3 is 5.11 Å². The molecule has 0 saturated carbocycles. The fourth-order valence-corrected chi connectivity index (χ4v) is 3.11. The van der Waals surface area contributed by atoms with Crippen molar-refractivity contribution in [1.82, 2.24) is 9.88 Å². The van der Waals surface area contributed by atoms with Crippen molar-refractivity contribution in [1.29, 1.82) is 0 Å². The second-order valence-electron chi connectivity index (χ2n) is 4.46. The lowest BCUT2D eigenvalue weighted by Gasteiger charge is -2.35. The van der Waals surface area contributed by atoms with Crippen molar-refractivity contribution in [2.24, 2.45) is 0 Å². The molecule has 1 aliphatic rings. The Labute approximate surface area is 98.9 Å². The summed E-state index contributed by atoms with van der Waals surface area (Å²) >= 11 is 1.58. The van der Waals surface area contributed by atoms with Crippen molar-refractivity contribution in [3.05, 3.63) is 16.6 Å². The minimum Gasteiger partial charge on any atom is -0.480 e. The average molecular weight is 240 g/mol. The zero-order chi connectivity index (χ0) is 11.8. The molecule has 1 saturated heterocycles. The van der Waals surface area contributed by atoms with Gasteiger partial charge in [-0.1, -0.05) is 0 Å². The highest BCUT2D eigenvalue weighted by atomic mass is 32.1. The highest BCUT2D eigenvalue weighted by Crippen LogP contribution is 2.37. The first-order valence-corrected chi connectivity index (χ1v) is 6.32. The van der Waals surface area contributed by atoms with E-state index in [1.54, 1.807) is 16.8 Å². The smallest absolute Gasteiger partial charge is 0.323 e. The second kappa shape index (κ2) is 4.14. The van der Waals surface area contributed by atoms with Crippen LogP contribution in [0.1, 0.15) is 37.6 Å². The van der Waals surface area contributed by atoms with Gasteiger partial charge in [0.2, 0.25) is 0 Å². The van der Waals surface area contributed by atoms with Crippen LogP contribution in [-0.4, -0.2) is 33.0 Å². The Bertz CT molecular complexity index is 379. The normalized spacial score (nSPS) is 28.1. The summed E-state index contributed by atoms with van der Waals surface area (Å²) in [5.74, 6) is -0.721. The zero-order valence-electron chi connectivity index (χ0n) is 9.51. The molecule has 2 heterocycles. The molecular weight excluding hydrogens is 224 g/mol. The van der Waals surface area contributed by atoms with Gasteiger partial charge in [0, 0.05) is 17.1 Å². The minimum absolute atomic E-state index is 0.135. The Morgan fingerprint density at radius 2 is 2.50 bits per heavy atom. The Hall–Kier alpha value is -0.940. The fraction of sp³-hybridized carbons (Fsp3) is 0.636. The van der Waals surface area contributed by atoms with Crippen molar-refractivity contribution >= 4 is 17.3 Å². The van der Waals surface area contributed by atoms with Crippen molar-refractivity contribution in [2.75, 3.05) is 6.54 Å². The lowest BCUT2D eigenvalue weighted by Crippen LogP contribution is -2.48. The van der Waals surface area contributed by atoms with Crippen LogP contribution in [0.2, 0.25) is 0 Å². The number of hydrogen-bond acceptors (Lipinski definition) is 4. The second-order valence-corrected chi connectivity index (χ2v) is 5.37. The third kappa shape index (κ3) is 1.74. The third-order valence-corrected chi connectivity index (χ3v) is 4.43. The van der Waals surface area contributed by atoms with Gasteiger partial charge in [0.15, 0.2) is 0 Å². The van der Waals surface area contributed by atoms with Crippen LogP contribution in [0.5, 0.6) is 0 Å². The molecule has 4 nitrogen and oxygen atoms in total. The number of likely N-dealkylation sites (tertiary alicyclic amines) is 1. The van der Waals surface area contributed by atoms with Gasteiger partial charge in [-0.2, -0.15) is 0 Å². The first kappa shape index (κ1) is 11.5. The number of aromatic nitrogens is 1. The number of rotatable bonds is 3. The van der Waals surface area contributed by atoms with Crippen LogP contribution >= 0.6 is 11.3 Å². The number of aliphatic carboxylic acids is 1. The molecule has 5 heteroatoms. The fourth-order valence-electron chi connectivity index (χ4n) is 2.42. The predicted molar refractivity (Wildman–Crippen MR) is 62.5 cm³/mol. The molecule has 1 N–H and O–H groups in total. The molecular formula is C11H16N2O2S. The highest BCUT2D eigenvalue weighted by Gasteiger charge is 2.45. The molecule has 1 aliphatic heterocycles. The lowest BCUT2D eigenvalue weighted by molar-refractivity contribution is -0.149. The molecule has 88 valence electrons. The highest BCUT2D eigenvalue weighted by molar-refractivity contribution is 7.09. The van der Waals surface area contributed by atoms with Crippen molar-refractivity contribution in [2.45, 2.75) is 38.3 Å². The minimum atomic E-state index is -0.721. The zero-order valence-corrected chi connectivity index (χ0v) is 10.3. The molecule has 0 radical (unpaired) electrons. The summed E-state index contributed by atoms with van der Waals surface area (Å²) in [6, 6.07) is 0.135. The first-order valence-electron chi connectivity index (χ1n) is 5.44. The van der Waals surface area contributed by atoms with Gasteiger partial charge in [-0.15, -0.1) is 11.3 Å². The quantitative estimate of drug-likeness (QED) is 0.879. The van der Waals surface area contributed by atoms with E-state index >= 15 is 0 Å². The SMILES string of the molecule is CC(c1cncs1)N1CCCC1(C)C(=O)O. The molecule has 2 rings (SSSR count). The Morgan fingerprint density at radius 3 is 3.06 bits per heavy atom. The standard InChI is InChI=1S/C11H16N2O2S/c1-8(9-6-12-7-16-9)13-5-3-4-11(13,2)10(14)15/h6-8H,3-5H2,1-2H3,(H,14,15). The molecule has 2 atom stereocenters. The van der Waals surface area contributed by atoms with Crippen LogP contribution < -0.4 is 0 Å². The van der Waals surface area contributed by atoms with E-state index in [0.29, 0.717) is 0 Å². The summed E-state index contributed by atoms with van der Waals surface area (Å²) in [6.45, 7) is 4.72. The molecule has 16 heavy (non-hydrogen) atoms. The summed E-state index contributed by atoms with van der Waals surface area (Å²) in [4.78, 5) is 18.6. The van der Waals surface area contributed by atoms with Gasteiger partial charge in [0.05, 0.1) is 5.51 Å². The maximum absolute atomic E-state index is 11.4. The van der Waals surface area contributed by atoms with Gasteiger partial charge in [-0.25, -0.2) is 0 Å². The van der Waals surface area contributed by atoms with Crippen LogP contribution in [0, 0.1) is 0 Å². The van der Waals surface area contributed by atoms with E-state index in [1.807, 2.05) is 13.1 Å². The van der Waals surface area contributed by atoms with Gasteiger partial charge in [-0.3, -0.25) is 14.7 Å². The van der Waals surface area contributed by atoms with Crippen LogP contribution in [0.25, 0.3) is 0 Å². The number of thiazole rings is 1. The molecule has 0 spiro atoms. The molecule has 2 unspecified atom stereocenters. The van der Waals surface area contributed by atoms with E-state index in [-0.39, 0.29) is 6.04 Å². The summed E-state index contributed by atoms with van der Waals surface area (Å²) in [5, 5.41) is 9.34. The third-order valence-electron chi connectivity index (χ3n) is 3.49. The summed E-state index contributed by atoms with van der Waals surface area (Å²) < 4.78 is 0. The van der Waals surface area contributed by atoms with Crippen LogP contribution in [0.3, 0.4) is 0 Å². The van der Waals surface area contributed by atoms with Crippen molar-refractivity contribution in [3.63, 3.8) is 0 Å². The van der Waals surface area contributed by atoms with Crippen molar-refractivity contribution in [3.8, 4) is 0 Å². The number of carbonyl (C=O) groups is 1. The van der Waals surface area contributed by atoms with E-state index in [2.05, 4.69) is 16.8 Å². The van der Waals surface area contributed by atoms with Crippen LogP contribution in [0.15, 0.2) is 11.7 Å². The summed E-state index contributed by atoms with van der Waals surface area (Å²) in [7, 11) is 0. The van der Waals surface area contributed by atoms with E-state index in [1.165, 1.54) is 0 Å². The van der Waals surface area contributed by atoms with Crippen molar-refractivity contribution < 1.29 is 9.90 Å². The van der Waals surface area contributed by atoms with E-state index in [0.717, 1.165) is 24.3 Å². The van der Waals surface area contributed by atoms with E-state index in [4.69, 9.17) is 0 Å². The Kier molecular flexibility index (Phi) is 2.99. The van der Waals surface area contributed by atoms with Gasteiger partial charge in [0.1, 0.15) is 5.54 Å². The molecule has 0 bridgehead atoms.